The van der Waals surface area contributed by atoms with Crippen LogP contribution in [-0.2, 0) is 0 Å². The number of rotatable bonds is 5. The minimum absolute atomic E-state index is 0.545. The topological polar surface area (TPSA) is 55.2 Å². The monoisotopic (exact) mass is 461 g/mol. The average Bonchev–Trinajstić information content (AvgIpc) is 3.05. The SMILES string of the molecule is COc1ccccc1NC1=Nc2ccc(Oc3ccccc3C)cc2N=C(c2ccc(C)cc2)C1. The summed E-state index contributed by atoms with van der Waals surface area (Å²) in [6.07, 6.45) is 0.545. The normalized spacial score (nSPS) is 12.7. The third-order valence-corrected chi connectivity index (χ3v) is 5.88. The summed E-state index contributed by atoms with van der Waals surface area (Å²) in [6.45, 7) is 4.12. The van der Waals surface area contributed by atoms with E-state index in [0.717, 1.165) is 57.0 Å². The number of benzene rings is 4. The van der Waals surface area contributed by atoms with Gasteiger partial charge in [-0.3, -0.25) is 0 Å². The molecule has 0 fully saturated rings. The van der Waals surface area contributed by atoms with Crippen LogP contribution in [0.2, 0.25) is 0 Å². The van der Waals surface area contributed by atoms with Crippen LogP contribution in [0.5, 0.6) is 17.2 Å². The molecule has 0 spiro atoms. The van der Waals surface area contributed by atoms with Crippen molar-refractivity contribution in [1.82, 2.24) is 0 Å². The van der Waals surface area contributed by atoms with Gasteiger partial charge in [0.1, 0.15) is 23.1 Å². The zero-order valence-electron chi connectivity index (χ0n) is 20.1. The van der Waals surface area contributed by atoms with Crippen LogP contribution in [0.4, 0.5) is 17.1 Å². The number of anilines is 1. The maximum atomic E-state index is 6.18. The van der Waals surface area contributed by atoms with Gasteiger partial charge >= 0.3 is 0 Å². The molecule has 0 saturated carbocycles. The Kier molecular flexibility index (Phi) is 6.31. The first-order valence-corrected chi connectivity index (χ1v) is 11.6. The van der Waals surface area contributed by atoms with Gasteiger partial charge in [-0.1, -0.05) is 60.2 Å². The number of hydrogen-bond acceptors (Lipinski definition) is 5. The van der Waals surface area contributed by atoms with Gasteiger partial charge in [0.2, 0.25) is 0 Å². The molecule has 5 rings (SSSR count). The van der Waals surface area contributed by atoms with Crippen LogP contribution in [0, 0.1) is 13.8 Å². The maximum Gasteiger partial charge on any atom is 0.142 e. The molecule has 1 N–H and O–H groups in total. The predicted molar refractivity (Wildman–Crippen MR) is 143 cm³/mol. The van der Waals surface area contributed by atoms with Gasteiger partial charge in [-0.25, -0.2) is 9.98 Å². The molecule has 4 aromatic carbocycles. The second kappa shape index (κ2) is 9.85. The number of hydrogen-bond donors (Lipinski definition) is 1. The maximum absolute atomic E-state index is 6.18. The zero-order chi connectivity index (χ0) is 24.2. The number of amidine groups is 1. The van der Waals surface area contributed by atoms with Crippen LogP contribution in [0.3, 0.4) is 0 Å². The Balaban J connectivity index is 1.56. The highest BCUT2D eigenvalue weighted by molar-refractivity contribution is 6.18. The Labute approximate surface area is 205 Å². The molecule has 35 heavy (non-hydrogen) atoms. The third-order valence-electron chi connectivity index (χ3n) is 5.88. The first-order chi connectivity index (χ1) is 17.1. The second-order valence-corrected chi connectivity index (χ2v) is 8.50. The largest absolute Gasteiger partial charge is 0.495 e. The number of aliphatic imine (C=N–C) groups is 2. The molecule has 1 aliphatic heterocycles. The molecule has 1 heterocycles. The molecule has 0 aromatic heterocycles. The van der Waals surface area contributed by atoms with Crippen LogP contribution in [0.1, 0.15) is 23.1 Å². The van der Waals surface area contributed by atoms with E-state index in [1.807, 2.05) is 73.7 Å². The summed E-state index contributed by atoms with van der Waals surface area (Å²) in [5.74, 6) is 3.10. The molecule has 0 bridgehead atoms. The lowest BCUT2D eigenvalue weighted by atomic mass is 10.0. The Morgan fingerprint density at radius 3 is 2.26 bits per heavy atom. The van der Waals surface area contributed by atoms with Crippen molar-refractivity contribution in [3.63, 3.8) is 0 Å². The van der Waals surface area contributed by atoms with E-state index in [0.29, 0.717) is 6.42 Å². The molecule has 174 valence electrons. The van der Waals surface area contributed by atoms with Crippen LogP contribution < -0.4 is 14.8 Å². The van der Waals surface area contributed by atoms with Crippen molar-refractivity contribution in [3.8, 4) is 17.2 Å². The molecule has 5 nitrogen and oxygen atoms in total. The lowest BCUT2D eigenvalue weighted by Gasteiger charge is -2.13. The number of nitrogens with zero attached hydrogens (tertiary/aromatic N) is 2. The Morgan fingerprint density at radius 2 is 1.49 bits per heavy atom. The summed E-state index contributed by atoms with van der Waals surface area (Å²) in [7, 11) is 1.67. The van der Waals surface area contributed by atoms with Gasteiger partial charge in [-0.15, -0.1) is 0 Å². The molecule has 0 saturated heterocycles. The van der Waals surface area contributed by atoms with E-state index in [2.05, 4.69) is 36.5 Å². The van der Waals surface area contributed by atoms with Crippen LogP contribution in [0.25, 0.3) is 0 Å². The number of fused-ring (bicyclic) bond motifs is 1. The molecule has 1 aliphatic rings. The summed E-state index contributed by atoms with van der Waals surface area (Å²) in [6, 6.07) is 30.1. The average molecular weight is 462 g/mol. The van der Waals surface area contributed by atoms with E-state index in [-0.39, 0.29) is 0 Å². The number of para-hydroxylation sites is 3. The van der Waals surface area contributed by atoms with E-state index in [1.54, 1.807) is 7.11 Å². The minimum atomic E-state index is 0.545. The van der Waals surface area contributed by atoms with E-state index >= 15 is 0 Å². The molecule has 5 heteroatoms. The van der Waals surface area contributed by atoms with Gasteiger partial charge in [0.25, 0.3) is 0 Å². The fourth-order valence-electron chi connectivity index (χ4n) is 3.97. The molecular weight excluding hydrogens is 434 g/mol. The first kappa shape index (κ1) is 22.4. The van der Waals surface area contributed by atoms with Gasteiger partial charge in [0, 0.05) is 12.5 Å². The smallest absolute Gasteiger partial charge is 0.142 e. The molecule has 0 radical (unpaired) electrons. The van der Waals surface area contributed by atoms with Crippen molar-refractivity contribution in [3.05, 3.63) is 108 Å². The van der Waals surface area contributed by atoms with Gasteiger partial charge in [0.05, 0.1) is 29.9 Å². The molecule has 0 unspecified atom stereocenters. The summed E-state index contributed by atoms with van der Waals surface area (Å²) in [5, 5.41) is 3.47. The Bertz CT molecular complexity index is 1420. The number of aryl methyl sites for hydroxylation is 2. The highest BCUT2D eigenvalue weighted by Crippen LogP contribution is 2.37. The quantitative estimate of drug-likeness (QED) is 0.330. The lowest BCUT2D eigenvalue weighted by molar-refractivity contribution is 0.417. The van der Waals surface area contributed by atoms with Crippen LogP contribution in [-0.4, -0.2) is 18.7 Å². The third kappa shape index (κ3) is 5.09. The standard InChI is InChI=1S/C30H27N3O2/c1-20-12-14-22(15-13-20)26-19-30(33-25-9-5-7-11-29(25)34-3)32-24-17-16-23(18-27(24)31-26)35-28-10-6-4-8-21(28)2/h4-18H,19H2,1-3H3,(H,32,33). The van der Waals surface area contributed by atoms with Gasteiger partial charge in [-0.2, -0.15) is 0 Å². The van der Waals surface area contributed by atoms with Crippen molar-refractivity contribution >= 4 is 28.6 Å². The van der Waals surface area contributed by atoms with Crippen molar-refractivity contribution in [2.45, 2.75) is 20.3 Å². The molecule has 0 atom stereocenters. The van der Waals surface area contributed by atoms with E-state index < -0.39 is 0 Å². The highest BCUT2D eigenvalue weighted by atomic mass is 16.5. The number of methoxy groups -OCH3 is 1. The van der Waals surface area contributed by atoms with Crippen LogP contribution >= 0.6 is 0 Å². The summed E-state index contributed by atoms with van der Waals surface area (Å²) in [4.78, 5) is 10.00. The Hall–Kier alpha value is -4.38. The van der Waals surface area contributed by atoms with E-state index in [9.17, 15) is 0 Å². The fraction of sp³-hybridized carbons (Fsp3) is 0.133. The van der Waals surface area contributed by atoms with Gasteiger partial charge < -0.3 is 14.8 Å². The van der Waals surface area contributed by atoms with Crippen molar-refractivity contribution in [2.24, 2.45) is 9.98 Å². The summed E-state index contributed by atoms with van der Waals surface area (Å²) < 4.78 is 11.7. The Morgan fingerprint density at radius 1 is 0.743 bits per heavy atom. The second-order valence-electron chi connectivity index (χ2n) is 8.50. The molecule has 0 amide bonds. The van der Waals surface area contributed by atoms with Crippen molar-refractivity contribution < 1.29 is 9.47 Å². The van der Waals surface area contributed by atoms with Crippen LogP contribution in [0.15, 0.2) is 101 Å². The number of nitrogens with one attached hydrogen (secondary N) is 1. The van der Waals surface area contributed by atoms with E-state index in [1.165, 1.54) is 5.56 Å². The van der Waals surface area contributed by atoms with Gasteiger partial charge in [-0.05, 0) is 55.3 Å². The fourth-order valence-corrected chi connectivity index (χ4v) is 3.97. The van der Waals surface area contributed by atoms with Crippen molar-refractivity contribution in [2.75, 3.05) is 12.4 Å². The van der Waals surface area contributed by atoms with Gasteiger partial charge in [0.15, 0.2) is 0 Å². The predicted octanol–water partition coefficient (Wildman–Crippen LogP) is 7.77. The summed E-state index contributed by atoms with van der Waals surface area (Å²) >= 11 is 0. The first-order valence-electron chi connectivity index (χ1n) is 11.6. The van der Waals surface area contributed by atoms with Crippen molar-refractivity contribution in [1.29, 1.82) is 0 Å². The molecule has 0 aliphatic carbocycles. The minimum Gasteiger partial charge on any atom is -0.495 e. The highest BCUT2D eigenvalue weighted by Gasteiger charge is 2.17. The number of ether oxygens (including phenoxy) is 2. The zero-order valence-corrected chi connectivity index (χ0v) is 20.1. The van der Waals surface area contributed by atoms with E-state index in [4.69, 9.17) is 19.5 Å². The summed E-state index contributed by atoms with van der Waals surface area (Å²) in [5.41, 5.74) is 6.68. The molecule has 4 aromatic rings. The molecular formula is C30H27N3O2. The lowest BCUT2D eigenvalue weighted by Crippen LogP contribution is -2.17.